The first-order chi connectivity index (χ1) is 12.1. The van der Waals surface area contributed by atoms with Crippen molar-refractivity contribution in [3.63, 3.8) is 0 Å². The number of likely N-dealkylation sites (tertiary alicyclic amines) is 1. The highest BCUT2D eigenvalue weighted by atomic mass is 16.3. The van der Waals surface area contributed by atoms with E-state index < -0.39 is 12.0 Å². The van der Waals surface area contributed by atoms with Gasteiger partial charge >= 0.3 is 0 Å². The Hall–Kier alpha value is -2.66. The number of hydrogen-bond acceptors (Lipinski definition) is 3. The second kappa shape index (κ2) is 7.49. The molecule has 2 aromatic rings. The van der Waals surface area contributed by atoms with Gasteiger partial charge in [-0.25, -0.2) is 0 Å². The number of aliphatic hydroxyl groups is 1. The molecule has 0 aliphatic carbocycles. The van der Waals surface area contributed by atoms with Gasteiger partial charge < -0.3 is 15.3 Å². The second-order valence-electron chi connectivity index (χ2n) is 6.38. The van der Waals surface area contributed by atoms with E-state index in [1.54, 1.807) is 36.2 Å². The Balaban J connectivity index is 1.67. The van der Waals surface area contributed by atoms with Gasteiger partial charge in [0.25, 0.3) is 5.91 Å². The molecule has 3 atom stereocenters. The Labute approximate surface area is 147 Å². The van der Waals surface area contributed by atoms with Crippen LogP contribution < -0.4 is 5.32 Å². The van der Waals surface area contributed by atoms with Crippen LogP contribution in [0.4, 0.5) is 0 Å². The SMILES string of the molecule is CN1C(=O)C[C@@H](CNC(=O)[C@@H](O)c2ccccc2)[C@H]1c1ccccc1. The van der Waals surface area contributed by atoms with Gasteiger partial charge in [-0.1, -0.05) is 60.7 Å². The highest BCUT2D eigenvalue weighted by molar-refractivity contribution is 5.82. The van der Waals surface area contributed by atoms with Gasteiger partial charge in [0.1, 0.15) is 0 Å². The molecule has 2 amide bonds. The van der Waals surface area contributed by atoms with E-state index in [0.29, 0.717) is 18.5 Å². The molecule has 1 aliphatic rings. The minimum Gasteiger partial charge on any atom is -0.378 e. The third-order valence-electron chi connectivity index (χ3n) is 4.74. The summed E-state index contributed by atoms with van der Waals surface area (Å²) in [4.78, 5) is 26.1. The van der Waals surface area contributed by atoms with Crippen molar-refractivity contribution in [1.29, 1.82) is 0 Å². The van der Waals surface area contributed by atoms with E-state index in [2.05, 4.69) is 5.32 Å². The van der Waals surface area contributed by atoms with Crippen molar-refractivity contribution in [3.05, 3.63) is 71.8 Å². The quantitative estimate of drug-likeness (QED) is 0.877. The van der Waals surface area contributed by atoms with Crippen LogP contribution >= 0.6 is 0 Å². The summed E-state index contributed by atoms with van der Waals surface area (Å²) in [5.74, 6) is -0.399. The van der Waals surface area contributed by atoms with Crippen LogP contribution in [0.2, 0.25) is 0 Å². The molecule has 0 unspecified atom stereocenters. The minimum absolute atomic E-state index is 0.0215. The topological polar surface area (TPSA) is 69.6 Å². The Morgan fingerprint density at radius 3 is 2.40 bits per heavy atom. The van der Waals surface area contributed by atoms with Gasteiger partial charge in [0.2, 0.25) is 5.91 Å². The van der Waals surface area contributed by atoms with Crippen LogP contribution in [0.15, 0.2) is 60.7 Å². The number of carbonyl (C=O) groups is 2. The van der Waals surface area contributed by atoms with Gasteiger partial charge in [0.05, 0.1) is 6.04 Å². The Morgan fingerprint density at radius 1 is 1.16 bits per heavy atom. The lowest BCUT2D eigenvalue weighted by molar-refractivity contribution is -0.130. The lowest BCUT2D eigenvalue weighted by Crippen LogP contribution is -2.35. The van der Waals surface area contributed by atoms with Crippen molar-refractivity contribution in [2.24, 2.45) is 5.92 Å². The summed E-state index contributed by atoms with van der Waals surface area (Å²) >= 11 is 0. The first-order valence-corrected chi connectivity index (χ1v) is 8.39. The number of amides is 2. The average molecular weight is 338 g/mol. The Kier molecular flexibility index (Phi) is 5.14. The van der Waals surface area contributed by atoms with Crippen LogP contribution in [-0.4, -0.2) is 35.4 Å². The molecular formula is C20H22N2O3. The molecule has 1 heterocycles. The molecule has 5 nitrogen and oxygen atoms in total. The van der Waals surface area contributed by atoms with Gasteiger partial charge in [0, 0.05) is 25.9 Å². The van der Waals surface area contributed by atoms with Crippen LogP contribution in [-0.2, 0) is 9.59 Å². The molecule has 25 heavy (non-hydrogen) atoms. The number of nitrogens with zero attached hydrogens (tertiary/aromatic N) is 1. The number of carbonyl (C=O) groups excluding carboxylic acids is 2. The Morgan fingerprint density at radius 2 is 1.76 bits per heavy atom. The van der Waals surface area contributed by atoms with Gasteiger partial charge in [-0.2, -0.15) is 0 Å². The lowest BCUT2D eigenvalue weighted by Gasteiger charge is -2.26. The lowest BCUT2D eigenvalue weighted by atomic mass is 9.93. The molecule has 2 N–H and O–H groups in total. The van der Waals surface area contributed by atoms with Crippen molar-refractivity contribution in [3.8, 4) is 0 Å². The van der Waals surface area contributed by atoms with Crippen molar-refractivity contribution in [1.82, 2.24) is 10.2 Å². The van der Waals surface area contributed by atoms with E-state index >= 15 is 0 Å². The van der Waals surface area contributed by atoms with E-state index in [-0.39, 0.29) is 17.9 Å². The summed E-state index contributed by atoms with van der Waals surface area (Å²) in [5.41, 5.74) is 1.61. The fraction of sp³-hybridized carbons (Fsp3) is 0.300. The van der Waals surface area contributed by atoms with E-state index in [0.717, 1.165) is 5.56 Å². The zero-order valence-corrected chi connectivity index (χ0v) is 14.1. The monoisotopic (exact) mass is 338 g/mol. The van der Waals surface area contributed by atoms with Crippen LogP contribution in [0.3, 0.4) is 0 Å². The van der Waals surface area contributed by atoms with Crippen molar-refractivity contribution in [2.75, 3.05) is 13.6 Å². The molecule has 0 spiro atoms. The van der Waals surface area contributed by atoms with Gasteiger partial charge in [-0.05, 0) is 11.1 Å². The fourth-order valence-corrected chi connectivity index (χ4v) is 3.40. The van der Waals surface area contributed by atoms with Gasteiger partial charge in [-0.15, -0.1) is 0 Å². The van der Waals surface area contributed by atoms with Gasteiger partial charge in [-0.3, -0.25) is 9.59 Å². The summed E-state index contributed by atoms with van der Waals surface area (Å²) in [6.07, 6.45) is -0.816. The maximum absolute atomic E-state index is 12.2. The summed E-state index contributed by atoms with van der Waals surface area (Å²) in [6, 6.07) is 18.6. The number of rotatable bonds is 5. The number of benzene rings is 2. The third kappa shape index (κ3) is 3.72. The summed E-state index contributed by atoms with van der Waals surface area (Å²) < 4.78 is 0. The van der Waals surface area contributed by atoms with Crippen LogP contribution in [0, 0.1) is 5.92 Å². The predicted octanol–water partition coefficient (Wildman–Crippen LogP) is 2.06. The van der Waals surface area contributed by atoms with E-state index in [1.165, 1.54) is 0 Å². The molecule has 0 bridgehead atoms. The summed E-state index contributed by atoms with van der Waals surface area (Å²) in [5, 5.41) is 13.0. The van der Waals surface area contributed by atoms with Gasteiger partial charge in [0.15, 0.2) is 6.10 Å². The number of aliphatic hydroxyl groups excluding tert-OH is 1. The number of nitrogens with one attached hydrogen (secondary N) is 1. The molecule has 130 valence electrons. The first-order valence-electron chi connectivity index (χ1n) is 8.39. The zero-order valence-electron chi connectivity index (χ0n) is 14.1. The van der Waals surface area contributed by atoms with Crippen molar-refractivity contribution in [2.45, 2.75) is 18.6 Å². The molecular weight excluding hydrogens is 316 g/mol. The van der Waals surface area contributed by atoms with Crippen molar-refractivity contribution >= 4 is 11.8 Å². The molecule has 0 aromatic heterocycles. The molecule has 1 saturated heterocycles. The van der Waals surface area contributed by atoms with Crippen LogP contribution in [0.1, 0.15) is 29.7 Å². The zero-order chi connectivity index (χ0) is 17.8. The van der Waals surface area contributed by atoms with Crippen molar-refractivity contribution < 1.29 is 14.7 Å². The maximum atomic E-state index is 12.2. The highest BCUT2D eigenvalue weighted by Gasteiger charge is 2.38. The third-order valence-corrected chi connectivity index (χ3v) is 4.74. The normalized spacial score (nSPS) is 21.2. The van der Waals surface area contributed by atoms with E-state index in [9.17, 15) is 14.7 Å². The summed E-state index contributed by atoms with van der Waals surface area (Å²) in [7, 11) is 1.79. The van der Waals surface area contributed by atoms with Crippen LogP contribution in [0.25, 0.3) is 0 Å². The molecule has 3 rings (SSSR count). The maximum Gasteiger partial charge on any atom is 0.253 e. The Bertz CT molecular complexity index is 733. The average Bonchev–Trinajstić information content (AvgIpc) is 2.94. The minimum atomic E-state index is -1.20. The smallest absolute Gasteiger partial charge is 0.253 e. The summed E-state index contributed by atoms with van der Waals surface area (Å²) in [6.45, 7) is 0.346. The standard InChI is InChI=1S/C20H22N2O3/c1-22-17(23)12-16(18(22)14-8-4-2-5-9-14)13-21-20(25)19(24)15-10-6-3-7-11-15/h2-11,16,18-19,24H,12-13H2,1H3,(H,21,25)/t16-,18+,19-/m0/s1. The molecule has 0 saturated carbocycles. The predicted molar refractivity (Wildman–Crippen MR) is 94.5 cm³/mol. The molecule has 1 aliphatic heterocycles. The fourth-order valence-electron chi connectivity index (χ4n) is 3.40. The number of hydrogen-bond donors (Lipinski definition) is 2. The molecule has 2 aromatic carbocycles. The second-order valence-corrected chi connectivity index (χ2v) is 6.38. The van der Waals surface area contributed by atoms with E-state index in [4.69, 9.17) is 0 Å². The highest BCUT2D eigenvalue weighted by Crippen LogP contribution is 2.36. The molecule has 5 heteroatoms. The molecule has 1 fully saturated rings. The van der Waals surface area contributed by atoms with Crippen LogP contribution in [0.5, 0.6) is 0 Å². The van der Waals surface area contributed by atoms with E-state index in [1.807, 2.05) is 36.4 Å². The first kappa shape index (κ1) is 17.2. The molecule has 0 radical (unpaired) electrons. The largest absolute Gasteiger partial charge is 0.378 e.